The van der Waals surface area contributed by atoms with Gasteiger partial charge in [-0.1, -0.05) is 28.9 Å². The number of ether oxygens (including phenoxy) is 1. The Kier molecular flexibility index (Phi) is 4.98. The number of nitrogens with zero attached hydrogens (tertiary/aromatic N) is 1. The van der Waals surface area contributed by atoms with Gasteiger partial charge in [-0.15, -0.1) is 0 Å². The van der Waals surface area contributed by atoms with Crippen LogP contribution in [0.2, 0.25) is 5.02 Å². The smallest absolute Gasteiger partial charge is 0.152 e. The Morgan fingerprint density at radius 1 is 1.35 bits per heavy atom. The molecule has 2 aromatic rings. The van der Waals surface area contributed by atoms with Crippen molar-refractivity contribution in [2.24, 2.45) is 5.16 Å². The molecule has 0 amide bonds. The van der Waals surface area contributed by atoms with E-state index in [-0.39, 0.29) is 12.4 Å². The SMILES string of the molecule is O/N=C\c1cc(Cl)c(OCc2cccc(F)c2)c(Br)c1. The monoisotopic (exact) mass is 357 g/mol. The molecule has 0 saturated heterocycles. The molecule has 0 fully saturated rings. The highest BCUT2D eigenvalue weighted by atomic mass is 79.9. The highest BCUT2D eigenvalue weighted by Gasteiger charge is 2.09. The van der Waals surface area contributed by atoms with Crippen LogP contribution in [0.5, 0.6) is 5.75 Å². The van der Waals surface area contributed by atoms with E-state index in [1.807, 2.05) is 0 Å². The summed E-state index contributed by atoms with van der Waals surface area (Å²) < 4.78 is 19.3. The van der Waals surface area contributed by atoms with Crippen molar-refractivity contribution in [2.45, 2.75) is 6.61 Å². The second-order valence-electron chi connectivity index (χ2n) is 3.98. The number of benzene rings is 2. The molecule has 2 rings (SSSR count). The summed E-state index contributed by atoms with van der Waals surface area (Å²) in [5.74, 6) is 0.136. The highest BCUT2D eigenvalue weighted by molar-refractivity contribution is 9.10. The van der Waals surface area contributed by atoms with Crippen molar-refractivity contribution in [1.29, 1.82) is 0 Å². The van der Waals surface area contributed by atoms with Gasteiger partial charge >= 0.3 is 0 Å². The van der Waals surface area contributed by atoms with Crippen molar-refractivity contribution in [1.82, 2.24) is 0 Å². The molecular formula is C14H10BrClFNO2. The van der Waals surface area contributed by atoms with Gasteiger partial charge < -0.3 is 9.94 Å². The predicted molar refractivity (Wildman–Crippen MR) is 79.3 cm³/mol. The van der Waals surface area contributed by atoms with E-state index < -0.39 is 0 Å². The molecule has 0 spiro atoms. The van der Waals surface area contributed by atoms with Gasteiger partial charge in [0.05, 0.1) is 15.7 Å². The average molecular weight is 359 g/mol. The van der Waals surface area contributed by atoms with Gasteiger partial charge in [-0.05, 0) is 51.3 Å². The molecule has 0 aromatic heterocycles. The zero-order valence-corrected chi connectivity index (χ0v) is 12.5. The maximum absolute atomic E-state index is 13.1. The minimum absolute atomic E-state index is 0.198. The third kappa shape index (κ3) is 3.71. The van der Waals surface area contributed by atoms with Crippen molar-refractivity contribution in [3.8, 4) is 5.75 Å². The molecular weight excluding hydrogens is 349 g/mol. The van der Waals surface area contributed by atoms with E-state index in [4.69, 9.17) is 21.5 Å². The standard InChI is InChI=1S/C14H10BrClFNO2/c15-12-5-10(7-18-19)6-13(16)14(12)20-8-9-2-1-3-11(17)4-9/h1-7,19H,8H2/b18-7-. The number of hydrogen-bond acceptors (Lipinski definition) is 3. The maximum atomic E-state index is 13.1. The molecule has 0 radical (unpaired) electrons. The molecule has 0 aliphatic carbocycles. The van der Waals surface area contributed by atoms with Crippen LogP contribution >= 0.6 is 27.5 Å². The lowest BCUT2D eigenvalue weighted by atomic mass is 10.2. The van der Waals surface area contributed by atoms with Gasteiger partial charge in [0, 0.05) is 0 Å². The average Bonchev–Trinajstić information content (AvgIpc) is 2.38. The normalized spacial score (nSPS) is 10.9. The van der Waals surface area contributed by atoms with E-state index in [2.05, 4.69) is 21.1 Å². The summed E-state index contributed by atoms with van der Waals surface area (Å²) in [7, 11) is 0. The van der Waals surface area contributed by atoms with Crippen LogP contribution in [0.1, 0.15) is 11.1 Å². The zero-order valence-electron chi connectivity index (χ0n) is 10.2. The van der Waals surface area contributed by atoms with Crippen molar-refractivity contribution in [3.63, 3.8) is 0 Å². The third-order valence-corrected chi connectivity index (χ3v) is 3.37. The van der Waals surface area contributed by atoms with E-state index in [1.54, 1.807) is 24.3 Å². The molecule has 20 heavy (non-hydrogen) atoms. The molecule has 104 valence electrons. The predicted octanol–water partition coefficient (Wildman–Crippen LogP) is 4.63. The van der Waals surface area contributed by atoms with Gasteiger partial charge in [-0.25, -0.2) is 4.39 Å². The minimum Gasteiger partial charge on any atom is -0.486 e. The molecule has 0 unspecified atom stereocenters. The molecule has 0 saturated carbocycles. The minimum atomic E-state index is -0.314. The van der Waals surface area contributed by atoms with E-state index in [0.29, 0.717) is 26.4 Å². The fourth-order valence-corrected chi connectivity index (χ4v) is 2.63. The van der Waals surface area contributed by atoms with Crippen molar-refractivity contribution < 1.29 is 14.3 Å². The Labute approximate surface area is 128 Å². The number of rotatable bonds is 4. The number of halogens is 3. The van der Waals surface area contributed by atoms with E-state index >= 15 is 0 Å². The quantitative estimate of drug-likeness (QED) is 0.492. The lowest BCUT2D eigenvalue weighted by Crippen LogP contribution is -1.98. The molecule has 0 aliphatic rings. The van der Waals surface area contributed by atoms with Gasteiger partial charge in [0.15, 0.2) is 5.75 Å². The first-order valence-corrected chi connectivity index (χ1v) is 6.81. The van der Waals surface area contributed by atoms with Gasteiger partial charge in [0.1, 0.15) is 12.4 Å². The first-order chi connectivity index (χ1) is 9.60. The largest absolute Gasteiger partial charge is 0.486 e. The zero-order chi connectivity index (χ0) is 14.5. The first-order valence-electron chi connectivity index (χ1n) is 5.64. The van der Waals surface area contributed by atoms with Crippen molar-refractivity contribution in [2.75, 3.05) is 0 Å². The molecule has 0 aliphatic heterocycles. The summed E-state index contributed by atoms with van der Waals surface area (Å²) in [6, 6.07) is 9.45. The molecule has 6 heteroatoms. The van der Waals surface area contributed by atoms with Crippen LogP contribution in [0.15, 0.2) is 46.0 Å². The van der Waals surface area contributed by atoms with E-state index in [1.165, 1.54) is 18.3 Å². The lowest BCUT2D eigenvalue weighted by Gasteiger charge is -2.11. The van der Waals surface area contributed by atoms with Crippen molar-refractivity contribution >= 4 is 33.7 Å². The molecule has 0 heterocycles. The van der Waals surface area contributed by atoms with Crippen LogP contribution < -0.4 is 4.74 Å². The number of oxime groups is 1. The summed E-state index contributed by atoms with van der Waals surface area (Å²) >= 11 is 9.42. The highest BCUT2D eigenvalue weighted by Crippen LogP contribution is 2.34. The topological polar surface area (TPSA) is 41.8 Å². The third-order valence-electron chi connectivity index (χ3n) is 2.50. The maximum Gasteiger partial charge on any atom is 0.152 e. The van der Waals surface area contributed by atoms with Crippen LogP contribution in [-0.2, 0) is 6.61 Å². The summed E-state index contributed by atoms with van der Waals surface area (Å²) in [6.07, 6.45) is 1.26. The second-order valence-corrected chi connectivity index (χ2v) is 5.24. The van der Waals surface area contributed by atoms with Crippen LogP contribution in [0.25, 0.3) is 0 Å². The molecule has 0 atom stereocenters. The summed E-state index contributed by atoms with van der Waals surface area (Å²) in [5.41, 5.74) is 1.33. The van der Waals surface area contributed by atoms with Crippen LogP contribution in [0.3, 0.4) is 0 Å². The summed E-state index contributed by atoms with van der Waals surface area (Å²) in [6.45, 7) is 0.198. The summed E-state index contributed by atoms with van der Waals surface area (Å²) in [5, 5.41) is 11.8. The Balaban J connectivity index is 2.17. The Morgan fingerprint density at radius 2 is 2.15 bits per heavy atom. The molecule has 3 nitrogen and oxygen atoms in total. The molecule has 1 N–H and O–H groups in total. The van der Waals surface area contributed by atoms with Crippen LogP contribution in [0.4, 0.5) is 4.39 Å². The van der Waals surface area contributed by atoms with Gasteiger partial charge in [0.25, 0.3) is 0 Å². The molecule has 2 aromatic carbocycles. The van der Waals surface area contributed by atoms with Crippen LogP contribution in [-0.4, -0.2) is 11.4 Å². The first kappa shape index (κ1) is 14.8. The van der Waals surface area contributed by atoms with Gasteiger partial charge in [-0.2, -0.15) is 0 Å². The van der Waals surface area contributed by atoms with Gasteiger partial charge in [-0.3, -0.25) is 0 Å². The Bertz CT molecular complexity index is 626. The fourth-order valence-electron chi connectivity index (χ4n) is 1.64. The van der Waals surface area contributed by atoms with Crippen molar-refractivity contribution in [3.05, 3.63) is 62.8 Å². The van der Waals surface area contributed by atoms with E-state index in [0.717, 1.165) is 0 Å². The summed E-state index contributed by atoms with van der Waals surface area (Å²) in [4.78, 5) is 0. The van der Waals surface area contributed by atoms with Crippen LogP contribution in [0, 0.1) is 5.82 Å². The molecule has 0 bridgehead atoms. The second kappa shape index (κ2) is 6.72. The number of hydrogen-bond donors (Lipinski definition) is 1. The Morgan fingerprint density at radius 3 is 2.80 bits per heavy atom. The lowest BCUT2D eigenvalue weighted by molar-refractivity contribution is 0.304. The fraction of sp³-hybridized carbons (Fsp3) is 0.0714. The van der Waals surface area contributed by atoms with Gasteiger partial charge in [0.2, 0.25) is 0 Å². The van der Waals surface area contributed by atoms with E-state index in [9.17, 15) is 4.39 Å². The Hall–Kier alpha value is -1.59.